The molecule has 130 valence electrons. The SMILES string of the molecule is CCCCCCCCCCCCCCCC[P+](C)(C)C.[F-]. The fraction of sp³-hybridized carbons (Fsp3) is 1.00. The van der Waals surface area contributed by atoms with Crippen LogP contribution in [0.5, 0.6) is 0 Å². The molecule has 2 heteroatoms. The smallest absolute Gasteiger partial charge is 0.0586 e. The quantitative estimate of drug-likeness (QED) is 0.310. The number of hydrogen-bond donors (Lipinski definition) is 0. The summed E-state index contributed by atoms with van der Waals surface area (Å²) in [5.74, 6) is 0. The molecule has 0 N–H and O–H groups in total. The first kappa shape index (κ1) is 23.6. The Morgan fingerprint density at radius 1 is 0.476 bits per heavy atom. The van der Waals surface area contributed by atoms with Crippen molar-refractivity contribution in [1.82, 2.24) is 0 Å². The number of unbranched alkanes of at least 4 members (excludes halogenated alkanes) is 13. The Balaban J connectivity index is 0. The van der Waals surface area contributed by atoms with Crippen molar-refractivity contribution < 1.29 is 4.70 Å². The van der Waals surface area contributed by atoms with Gasteiger partial charge in [0.1, 0.15) is 0 Å². The number of halogens is 1. The first-order valence-corrected chi connectivity index (χ1v) is 12.7. The zero-order valence-corrected chi connectivity index (χ0v) is 16.3. The molecule has 0 nitrogen and oxygen atoms in total. The van der Waals surface area contributed by atoms with Crippen LogP contribution < -0.4 is 4.70 Å². The van der Waals surface area contributed by atoms with E-state index in [2.05, 4.69) is 26.9 Å². The Morgan fingerprint density at radius 3 is 1.05 bits per heavy atom. The Kier molecular flexibility index (Phi) is 18.8. The van der Waals surface area contributed by atoms with Crippen LogP contribution >= 0.6 is 7.26 Å². The first-order valence-electron chi connectivity index (χ1n) is 9.36. The molecule has 0 aliphatic carbocycles. The van der Waals surface area contributed by atoms with Gasteiger partial charge in [-0.2, -0.15) is 0 Å². The van der Waals surface area contributed by atoms with E-state index < -0.39 is 7.26 Å². The van der Waals surface area contributed by atoms with Gasteiger partial charge >= 0.3 is 0 Å². The normalized spacial score (nSPS) is 11.4. The summed E-state index contributed by atoms with van der Waals surface area (Å²) in [7, 11) is -0.500. The monoisotopic (exact) mass is 320 g/mol. The van der Waals surface area contributed by atoms with Gasteiger partial charge in [-0.1, -0.05) is 84.0 Å². The largest absolute Gasteiger partial charge is 1.00 e. The molecule has 0 aliphatic rings. The van der Waals surface area contributed by atoms with Gasteiger partial charge in [0, 0.05) is 27.3 Å². The standard InChI is InChI=1S/C19H42P.FH/c1-5-6-7-8-9-10-11-12-13-14-15-16-17-18-19-20(2,3)4;/h5-19H2,1-4H3;1H/q+1;/p-1. The summed E-state index contributed by atoms with van der Waals surface area (Å²) in [5, 5.41) is 0. The minimum Gasteiger partial charge on any atom is -1.00 e. The molecule has 0 aliphatic heterocycles. The van der Waals surface area contributed by atoms with Crippen molar-refractivity contribution in [1.29, 1.82) is 0 Å². The van der Waals surface area contributed by atoms with Gasteiger partial charge in [-0.05, 0) is 12.8 Å². The fourth-order valence-electron chi connectivity index (χ4n) is 2.78. The summed E-state index contributed by atoms with van der Waals surface area (Å²) in [5.41, 5.74) is 0. The van der Waals surface area contributed by atoms with Crippen LogP contribution in [0, 0.1) is 0 Å². The topological polar surface area (TPSA) is 0 Å². The Bertz CT molecular complexity index is 186. The summed E-state index contributed by atoms with van der Waals surface area (Å²) >= 11 is 0. The lowest BCUT2D eigenvalue weighted by Gasteiger charge is -2.10. The van der Waals surface area contributed by atoms with Gasteiger partial charge in [-0.15, -0.1) is 0 Å². The first-order chi connectivity index (χ1) is 9.56. The van der Waals surface area contributed by atoms with Crippen LogP contribution in [-0.4, -0.2) is 26.2 Å². The van der Waals surface area contributed by atoms with E-state index in [9.17, 15) is 0 Å². The van der Waals surface area contributed by atoms with E-state index in [1.165, 1.54) is 96.1 Å². The summed E-state index contributed by atoms with van der Waals surface area (Å²) in [6, 6.07) is 0. The molecule has 0 aromatic heterocycles. The van der Waals surface area contributed by atoms with E-state index in [-0.39, 0.29) is 4.70 Å². The summed E-state index contributed by atoms with van der Waals surface area (Å²) in [6.07, 6.45) is 22.1. The van der Waals surface area contributed by atoms with Gasteiger partial charge < -0.3 is 4.70 Å². The Labute approximate surface area is 135 Å². The van der Waals surface area contributed by atoms with E-state index in [1.807, 2.05) is 0 Å². The highest BCUT2D eigenvalue weighted by Gasteiger charge is 2.15. The second kappa shape index (κ2) is 16.7. The van der Waals surface area contributed by atoms with E-state index in [0.717, 1.165) is 0 Å². The van der Waals surface area contributed by atoms with Crippen LogP contribution in [0.3, 0.4) is 0 Å². The van der Waals surface area contributed by atoms with E-state index in [4.69, 9.17) is 0 Å². The summed E-state index contributed by atoms with van der Waals surface area (Å²) in [4.78, 5) is 0. The lowest BCUT2D eigenvalue weighted by Crippen LogP contribution is -3.00. The minimum absolute atomic E-state index is 0. The van der Waals surface area contributed by atoms with Gasteiger partial charge in [-0.25, -0.2) is 0 Å². The molecule has 0 aromatic carbocycles. The molecular weight excluding hydrogens is 278 g/mol. The molecule has 0 saturated carbocycles. The van der Waals surface area contributed by atoms with E-state index in [0.29, 0.717) is 0 Å². The Hall–Kier alpha value is 0.360. The molecular formula is C19H42FP. The van der Waals surface area contributed by atoms with Crippen LogP contribution in [0.2, 0.25) is 0 Å². The third kappa shape index (κ3) is 22.8. The van der Waals surface area contributed by atoms with Crippen molar-refractivity contribution in [2.24, 2.45) is 0 Å². The second-order valence-electron chi connectivity index (χ2n) is 7.61. The average molecular weight is 321 g/mol. The predicted octanol–water partition coefficient (Wildman–Crippen LogP) is 4.38. The zero-order chi connectivity index (χ0) is 15.1. The molecule has 0 bridgehead atoms. The maximum atomic E-state index is 2.47. The molecule has 0 saturated heterocycles. The molecule has 0 rings (SSSR count). The van der Waals surface area contributed by atoms with Crippen molar-refractivity contribution in [2.75, 3.05) is 26.2 Å². The highest BCUT2D eigenvalue weighted by atomic mass is 31.2. The van der Waals surface area contributed by atoms with Crippen molar-refractivity contribution >= 4 is 7.26 Å². The van der Waals surface area contributed by atoms with Crippen LogP contribution in [-0.2, 0) is 0 Å². The molecule has 0 spiro atoms. The van der Waals surface area contributed by atoms with Crippen molar-refractivity contribution in [3.8, 4) is 0 Å². The van der Waals surface area contributed by atoms with Crippen LogP contribution in [0.15, 0.2) is 0 Å². The maximum absolute atomic E-state index is 2.47. The number of rotatable bonds is 15. The van der Waals surface area contributed by atoms with Crippen LogP contribution in [0.4, 0.5) is 0 Å². The predicted molar refractivity (Wildman–Crippen MR) is 99.9 cm³/mol. The molecule has 0 fully saturated rings. The summed E-state index contributed by atoms with van der Waals surface area (Å²) in [6.45, 7) is 9.70. The highest BCUT2D eigenvalue weighted by molar-refractivity contribution is 7.73. The maximum Gasteiger partial charge on any atom is 0.0586 e. The molecule has 0 amide bonds. The van der Waals surface area contributed by atoms with Crippen LogP contribution in [0.25, 0.3) is 0 Å². The lowest BCUT2D eigenvalue weighted by molar-refractivity contribution is -0.00000477. The summed E-state index contributed by atoms with van der Waals surface area (Å²) < 4.78 is 0. The number of hydrogen-bond acceptors (Lipinski definition) is 0. The van der Waals surface area contributed by atoms with Crippen LogP contribution in [0.1, 0.15) is 96.8 Å². The van der Waals surface area contributed by atoms with Crippen molar-refractivity contribution in [2.45, 2.75) is 96.8 Å². The molecule has 21 heavy (non-hydrogen) atoms. The van der Waals surface area contributed by atoms with Gasteiger partial charge in [0.05, 0.1) is 6.16 Å². The zero-order valence-electron chi connectivity index (χ0n) is 15.4. The molecule has 0 heterocycles. The third-order valence-electron chi connectivity index (χ3n) is 4.18. The van der Waals surface area contributed by atoms with Gasteiger partial charge in [0.2, 0.25) is 0 Å². The van der Waals surface area contributed by atoms with E-state index in [1.54, 1.807) is 0 Å². The van der Waals surface area contributed by atoms with Gasteiger partial charge in [-0.3, -0.25) is 0 Å². The molecule has 0 atom stereocenters. The molecule has 0 radical (unpaired) electrons. The van der Waals surface area contributed by atoms with Crippen molar-refractivity contribution in [3.63, 3.8) is 0 Å². The molecule has 0 aromatic rings. The van der Waals surface area contributed by atoms with Crippen molar-refractivity contribution in [3.05, 3.63) is 0 Å². The Morgan fingerprint density at radius 2 is 0.762 bits per heavy atom. The minimum atomic E-state index is -0.500. The highest BCUT2D eigenvalue weighted by Crippen LogP contribution is 2.47. The average Bonchev–Trinajstić information content (AvgIpc) is 2.38. The second-order valence-corrected chi connectivity index (χ2v) is 12.6. The third-order valence-corrected chi connectivity index (χ3v) is 5.84. The lowest BCUT2D eigenvalue weighted by atomic mass is 10.0. The molecule has 0 unspecified atom stereocenters. The fourth-order valence-corrected chi connectivity index (χ4v) is 3.95. The van der Waals surface area contributed by atoms with E-state index >= 15 is 0 Å². The van der Waals surface area contributed by atoms with Gasteiger partial charge in [0.25, 0.3) is 0 Å². The van der Waals surface area contributed by atoms with Gasteiger partial charge in [0.15, 0.2) is 0 Å².